The van der Waals surface area contributed by atoms with Gasteiger partial charge in [0.25, 0.3) is 0 Å². The number of hydrogen-bond donors (Lipinski definition) is 1. The van der Waals surface area contributed by atoms with Crippen LogP contribution in [0.25, 0.3) is 5.69 Å². The van der Waals surface area contributed by atoms with E-state index in [1.54, 1.807) is 36.4 Å². The Kier molecular flexibility index (Phi) is 8.94. The maximum Gasteiger partial charge on any atom is 0.355 e. The summed E-state index contributed by atoms with van der Waals surface area (Å²) >= 11 is 0. The first-order chi connectivity index (χ1) is 18.9. The number of benzene rings is 3. The fourth-order valence-electron chi connectivity index (χ4n) is 4.30. The highest BCUT2D eigenvalue weighted by molar-refractivity contribution is 5.88. The number of aromatic nitrogens is 3. The molecule has 3 aromatic carbocycles. The first-order valence-electron chi connectivity index (χ1n) is 13.0. The zero-order valence-electron chi connectivity index (χ0n) is 22.1. The average Bonchev–Trinajstić information content (AvgIpc) is 2.95. The lowest BCUT2D eigenvalue weighted by atomic mass is 10.2. The maximum absolute atomic E-state index is 13.8. The average molecular weight is 529 g/mol. The van der Waals surface area contributed by atoms with Gasteiger partial charge in [-0.3, -0.25) is 0 Å². The Bertz CT molecular complexity index is 1520. The van der Waals surface area contributed by atoms with Gasteiger partial charge >= 0.3 is 17.3 Å². The van der Waals surface area contributed by atoms with Crippen LogP contribution < -0.4 is 21.0 Å². The van der Waals surface area contributed by atoms with Crippen molar-refractivity contribution in [1.29, 1.82) is 0 Å². The number of nitrogens with zero attached hydrogens (tertiary/aromatic N) is 4. The lowest BCUT2D eigenvalue weighted by molar-refractivity contribution is 0.0697. The molecule has 0 aliphatic heterocycles. The van der Waals surface area contributed by atoms with Crippen LogP contribution in [0, 0.1) is 0 Å². The van der Waals surface area contributed by atoms with Crippen LogP contribution in [0.2, 0.25) is 0 Å². The van der Waals surface area contributed by atoms with E-state index in [4.69, 9.17) is 4.74 Å². The largest absolute Gasteiger partial charge is 0.489 e. The quantitative estimate of drug-likeness (QED) is 0.291. The zero-order chi connectivity index (χ0) is 27.8. The second kappa shape index (κ2) is 12.7. The van der Waals surface area contributed by atoms with Crippen molar-refractivity contribution >= 4 is 11.9 Å². The summed E-state index contributed by atoms with van der Waals surface area (Å²) in [6.45, 7) is 5.62. The smallest absolute Gasteiger partial charge is 0.355 e. The van der Waals surface area contributed by atoms with Gasteiger partial charge in [0.15, 0.2) is 0 Å². The molecule has 39 heavy (non-hydrogen) atoms. The Balaban J connectivity index is 1.70. The second-order valence-electron chi connectivity index (χ2n) is 9.16. The molecule has 0 atom stereocenters. The van der Waals surface area contributed by atoms with Gasteiger partial charge in [-0.1, -0.05) is 62.4 Å². The van der Waals surface area contributed by atoms with Crippen molar-refractivity contribution < 1.29 is 14.6 Å². The molecular formula is C30H32N4O5. The molecule has 0 amide bonds. The molecule has 1 aromatic heterocycles. The van der Waals surface area contributed by atoms with Gasteiger partial charge in [0, 0.05) is 13.1 Å². The van der Waals surface area contributed by atoms with Crippen molar-refractivity contribution in [2.24, 2.45) is 0 Å². The number of rotatable bonds is 12. The molecule has 0 radical (unpaired) electrons. The molecule has 1 N–H and O–H groups in total. The lowest BCUT2D eigenvalue weighted by Gasteiger charge is -2.26. The van der Waals surface area contributed by atoms with Crippen molar-refractivity contribution in [3.63, 3.8) is 0 Å². The van der Waals surface area contributed by atoms with Gasteiger partial charge in [0.1, 0.15) is 12.4 Å². The lowest BCUT2D eigenvalue weighted by Crippen LogP contribution is -2.45. The number of carboxylic acids is 1. The first kappa shape index (κ1) is 27.4. The summed E-state index contributed by atoms with van der Waals surface area (Å²) in [5.41, 5.74) is 0.883. The molecule has 0 spiro atoms. The fourth-order valence-corrected chi connectivity index (χ4v) is 4.30. The number of anilines is 1. The van der Waals surface area contributed by atoms with Crippen LogP contribution in [0.15, 0.2) is 88.5 Å². The van der Waals surface area contributed by atoms with Gasteiger partial charge in [-0.25, -0.2) is 23.5 Å². The number of carboxylic acid groups (broad SMARTS) is 1. The fraction of sp³-hybridized carbons (Fsp3) is 0.267. The van der Waals surface area contributed by atoms with Crippen LogP contribution >= 0.6 is 0 Å². The van der Waals surface area contributed by atoms with Gasteiger partial charge in [-0.05, 0) is 54.3 Å². The van der Waals surface area contributed by atoms with Crippen LogP contribution in [0.5, 0.6) is 5.75 Å². The summed E-state index contributed by atoms with van der Waals surface area (Å²) in [6.07, 6.45) is 1.57. The van der Waals surface area contributed by atoms with Crippen molar-refractivity contribution in [2.45, 2.75) is 39.8 Å². The van der Waals surface area contributed by atoms with Crippen LogP contribution in [-0.2, 0) is 13.2 Å². The Morgan fingerprint density at radius 1 is 0.897 bits per heavy atom. The molecule has 9 heteroatoms. The molecule has 0 unspecified atom stereocenters. The van der Waals surface area contributed by atoms with Gasteiger partial charge < -0.3 is 14.7 Å². The molecule has 0 aliphatic carbocycles. The Morgan fingerprint density at radius 3 is 2.23 bits per heavy atom. The molecule has 0 saturated carbocycles. The van der Waals surface area contributed by atoms with Crippen molar-refractivity contribution in [1.82, 2.24) is 14.1 Å². The second-order valence-corrected chi connectivity index (χ2v) is 9.16. The summed E-state index contributed by atoms with van der Waals surface area (Å²) in [6, 6.07) is 23.1. The minimum Gasteiger partial charge on any atom is -0.489 e. The van der Waals surface area contributed by atoms with E-state index in [1.807, 2.05) is 49.1 Å². The minimum absolute atomic E-state index is 0.00406. The molecule has 202 valence electrons. The SMILES string of the molecule is CCCN(CCC)c1nc(=O)n(Cc2ccc(OCc3ccccc3)cc2)c(=O)n1-c1cccc(C(=O)O)c1. The Hall–Kier alpha value is -4.66. The summed E-state index contributed by atoms with van der Waals surface area (Å²) in [7, 11) is 0. The summed E-state index contributed by atoms with van der Waals surface area (Å²) in [5, 5.41) is 9.51. The Labute approximate surface area is 226 Å². The summed E-state index contributed by atoms with van der Waals surface area (Å²) < 4.78 is 8.23. The van der Waals surface area contributed by atoms with Gasteiger partial charge in [0.05, 0.1) is 17.8 Å². The molecule has 0 fully saturated rings. The minimum atomic E-state index is -1.11. The number of carbonyl (C=O) groups is 1. The molecule has 0 saturated heterocycles. The van der Waals surface area contributed by atoms with E-state index < -0.39 is 17.3 Å². The van der Waals surface area contributed by atoms with E-state index >= 15 is 0 Å². The summed E-state index contributed by atoms with van der Waals surface area (Å²) in [5.74, 6) is -0.237. The molecule has 4 rings (SSSR count). The number of ether oxygens (including phenoxy) is 1. The predicted molar refractivity (Wildman–Crippen MR) is 150 cm³/mol. The third-order valence-electron chi connectivity index (χ3n) is 6.18. The van der Waals surface area contributed by atoms with Crippen molar-refractivity contribution in [3.05, 3.63) is 117 Å². The van der Waals surface area contributed by atoms with E-state index in [2.05, 4.69) is 4.98 Å². The maximum atomic E-state index is 13.8. The monoisotopic (exact) mass is 528 g/mol. The number of hydrogen-bond acceptors (Lipinski definition) is 6. The van der Waals surface area contributed by atoms with Crippen LogP contribution in [0.1, 0.15) is 48.2 Å². The third kappa shape index (κ3) is 6.62. The Morgan fingerprint density at radius 2 is 1.59 bits per heavy atom. The van der Waals surface area contributed by atoms with Gasteiger partial charge in [0.2, 0.25) is 5.95 Å². The standard InChI is InChI=1S/C30H32N4O5/c1-3-17-32(18-4-2)28-31-29(37)33(30(38)34(28)25-12-8-11-24(19-25)27(35)36)20-22-13-15-26(16-14-22)39-21-23-9-6-5-7-10-23/h5-16,19H,3-4,17-18,20-21H2,1-2H3,(H,35,36). The normalized spacial score (nSPS) is 10.8. The molecule has 4 aromatic rings. The third-order valence-corrected chi connectivity index (χ3v) is 6.18. The zero-order valence-corrected chi connectivity index (χ0v) is 22.1. The van der Waals surface area contributed by atoms with Crippen LogP contribution in [-0.4, -0.2) is 38.3 Å². The van der Waals surface area contributed by atoms with E-state index in [0.717, 1.165) is 28.5 Å². The molecule has 0 bridgehead atoms. The molecular weight excluding hydrogens is 496 g/mol. The highest BCUT2D eigenvalue weighted by Gasteiger charge is 2.20. The predicted octanol–water partition coefficient (Wildman–Crippen LogP) is 4.35. The summed E-state index contributed by atoms with van der Waals surface area (Å²) in [4.78, 5) is 44.8. The van der Waals surface area contributed by atoms with E-state index in [1.165, 1.54) is 16.7 Å². The van der Waals surface area contributed by atoms with Gasteiger partial charge in [-0.2, -0.15) is 4.98 Å². The highest BCUT2D eigenvalue weighted by atomic mass is 16.5. The van der Waals surface area contributed by atoms with Gasteiger partial charge in [-0.15, -0.1) is 0 Å². The topological polar surface area (TPSA) is 107 Å². The first-order valence-corrected chi connectivity index (χ1v) is 13.0. The number of aromatic carboxylic acids is 1. The van der Waals surface area contributed by atoms with Crippen LogP contribution in [0.3, 0.4) is 0 Å². The molecule has 9 nitrogen and oxygen atoms in total. The van der Waals surface area contributed by atoms with E-state index in [9.17, 15) is 19.5 Å². The molecule has 1 heterocycles. The van der Waals surface area contributed by atoms with Crippen molar-refractivity contribution in [2.75, 3.05) is 18.0 Å². The molecule has 0 aliphatic rings. The van der Waals surface area contributed by atoms with Crippen molar-refractivity contribution in [3.8, 4) is 11.4 Å². The highest BCUT2D eigenvalue weighted by Crippen LogP contribution is 2.18. The van der Waals surface area contributed by atoms with Crippen LogP contribution in [0.4, 0.5) is 5.95 Å². The van der Waals surface area contributed by atoms with E-state index in [-0.39, 0.29) is 18.1 Å². The van der Waals surface area contributed by atoms with E-state index in [0.29, 0.717) is 31.1 Å².